The number of rotatable bonds is 6. The van der Waals surface area contributed by atoms with Gasteiger partial charge in [-0.25, -0.2) is 87.8 Å². The molecule has 0 unspecified atom stereocenters. The van der Waals surface area contributed by atoms with Crippen molar-refractivity contribution in [2.75, 3.05) is 0 Å². The Morgan fingerprint density at radius 2 is 0.603 bits per heavy atom. The van der Waals surface area contributed by atoms with E-state index in [1.54, 1.807) is 6.20 Å². The number of pyridine rings is 1. The average molecular weight is 915 g/mol. The van der Waals surface area contributed by atoms with Crippen molar-refractivity contribution in [3.63, 3.8) is 0 Å². The predicted molar refractivity (Wildman–Crippen MR) is 181 cm³/mol. The van der Waals surface area contributed by atoms with E-state index in [4.69, 9.17) is 0 Å². The third-order valence-electron chi connectivity index (χ3n) is 9.74. The van der Waals surface area contributed by atoms with Crippen molar-refractivity contribution in [3.05, 3.63) is 189 Å². The molecule has 328 valence electrons. The molecule has 0 aliphatic rings. The molecule has 0 atom stereocenters. The topological polar surface area (TPSA) is 24.1 Å². The highest BCUT2D eigenvalue weighted by Gasteiger charge is 2.52. The molecule has 23 heteroatoms. The summed E-state index contributed by atoms with van der Waals surface area (Å²) < 4.78 is 296. The van der Waals surface area contributed by atoms with Crippen molar-refractivity contribution < 1.29 is 97.5 Å². The molecule has 0 bridgehead atoms. The zero-order valence-corrected chi connectivity index (χ0v) is 30.1. The summed E-state index contributed by atoms with van der Waals surface area (Å²) in [6.45, 7) is 0.763. The molecule has 0 aliphatic heterocycles. The molecule has 63 heavy (non-hydrogen) atoms. The zero-order chi connectivity index (χ0) is 46.7. The van der Waals surface area contributed by atoms with Crippen LogP contribution in [-0.2, 0) is 6.54 Å². The lowest BCUT2D eigenvalue weighted by Gasteiger charge is -2.44. The summed E-state index contributed by atoms with van der Waals surface area (Å²) in [7, 11) is 0. The smallest absolute Gasteiger partial charge is 0.211 e. The van der Waals surface area contributed by atoms with Crippen molar-refractivity contribution in [2.24, 2.45) is 0 Å². The third-order valence-corrected chi connectivity index (χ3v) is 9.74. The van der Waals surface area contributed by atoms with E-state index in [0.717, 1.165) is 17.3 Å². The molecular formula is C40H14BF20NO. The maximum absolute atomic E-state index is 15.4. The second-order valence-corrected chi connectivity index (χ2v) is 13.2. The minimum atomic E-state index is -7.22. The summed E-state index contributed by atoms with van der Waals surface area (Å²) in [6.07, 6.45) is -3.39. The van der Waals surface area contributed by atoms with Crippen LogP contribution in [-0.4, -0.2) is 11.3 Å². The van der Waals surface area contributed by atoms with Gasteiger partial charge >= 0.3 is 0 Å². The van der Waals surface area contributed by atoms with Crippen LogP contribution in [0.15, 0.2) is 67.0 Å². The molecule has 7 rings (SSSR count). The zero-order valence-electron chi connectivity index (χ0n) is 30.1. The van der Waals surface area contributed by atoms with Gasteiger partial charge in [0.05, 0.1) is 0 Å². The summed E-state index contributed by atoms with van der Waals surface area (Å²) in [6, 6.07) is 18.1. The minimum absolute atomic E-state index is 0.323. The van der Waals surface area contributed by atoms with Crippen LogP contribution >= 0.6 is 0 Å². The van der Waals surface area contributed by atoms with E-state index in [1.165, 1.54) is 5.56 Å². The van der Waals surface area contributed by atoms with Gasteiger partial charge in [0, 0.05) is 16.3 Å². The molecule has 2 nitrogen and oxygen atoms in total. The molecule has 1 heterocycles. The number of aromatic hydroxyl groups is 1. The van der Waals surface area contributed by atoms with Crippen molar-refractivity contribution in [1.82, 2.24) is 0 Å². The van der Waals surface area contributed by atoms with Gasteiger partial charge in [0.25, 0.3) is 0 Å². The molecule has 0 amide bonds. The Morgan fingerprint density at radius 1 is 0.333 bits per heavy atom. The highest BCUT2D eigenvalue weighted by atomic mass is 19.2. The van der Waals surface area contributed by atoms with E-state index in [0.29, 0.717) is 5.75 Å². The Balaban J connectivity index is 0.000000302. The first kappa shape index (κ1) is 45.7. The summed E-state index contributed by atoms with van der Waals surface area (Å²) in [5, 5.41) is 11.9. The Hall–Kier alpha value is -6.81. The van der Waals surface area contributed by atoms with Crippen molar-refractivity contribution in [1.29, 1.82) is 0 Å². The Kier molecular flexibility index (Phi) is 12.2. The van der Waals surface area contributed by atoms with Crippen LogP contribution in [0.3, 0.4) is 0 Å². The average Bonchev–Trinajstić information content (AvgIpc) is 3.26. The number of hydrogen-bond donors (Lipinski definition) is 1. The second kappa shape index (κ2) is 16.8. The lowest BCUT2D eigenvalue weighted by molar-refractivity contribution is -0.687. The van der Waals surface area contributed by atoms with Gasteiger partial charge in [-0.15, -0.1) is 21.9 Å². The normalized spacial score (nSPS) is 11.6. The van der Waals surface area contributed by atoms with Crippen molar-refractivity contribution in [2.45, 2.75) is 6.54 Å². The Morgan fingerprint density at radius 3 is 0.921 bits per heavy atom. The molecule has 7 aromatic rings. The van der Waals surface area contributed by atoms with Crippen LogP contribution in [0.2, 0.25) is 0 Å². The molecule has 6 aromatic carbocycles. The lowest BCUT2D eigenvalue weighted by atomic mass is 9.12. The molecule has 0 aliphatic carbocycles. The summed E-state index contributed by atoms with van der Waals surface area (Å²) in [5.41, 5.74) is -13.1. The summed E-state index contributed by atoms with van der Waals surface area (Å²) in [5.74, 6) is -71.1. The van der Waals surface area contributed by atoms with Crippen molar-refractivity contribution in [3.8, 4) is 5.75 Å². The van der Waals surface area contributed by atoms with Crippen molar-refractivity contribution >= 4 is 38.8 Å². The fraction of sp³-hybridized carbons (Fsp3) is 0.0250. The fourth-order valence-corrected chi connectivity index (χ4v) is 7.05. The summed E-state index contributed by atoms with van der Waals surface area (Å²) >= 11 is 0. The maximum atomic E-state index is 15.4. The standard InChI is InChI=1S/C24BF20.C16H13NO/c26-5-1(6(27)14(35)21(42)13(5)34)25(2-7(28)15(36)22(43)16(37)8(2)29,3-9(30)17(38)23(44)18(39)10(3)31)4-11(32)19(40)24(45)20(41)12(4)33;18-16-12-17(10-13-6-2-1-3-7-13)11-14-8-4-5-9-15(14)16/h;1-9,11-12H,10H2/q-1;/p+1. The maximum Gasteiger partial charge on any atom is 0.211 e. The fourth-order valence-electron chi connectivity index (χ4n) is 7.05. The first-order chi connectivity index (χ1) is 29.5. The van der Waals surface area contributed by atoms with Crippen LogP contribution in [0.25, 0.3) is 10.8 Å². The number of halogens is 20. The molecule has 0 saturated carbocycles. The Labute approximate surface area is 337 Å². The molecule has 1 aromatic heterocycles. The summed E-state index contributed by atoms with van der Waals surface area (Å²) in [4.78, 5) is 0. The molecule has 1 N–H and O–H groups in total. The van der Waals surface area contributed by atoms with Gasteiger partial charge in [0.2, 0.25) is 6.20 Å². The van der Waals surface area contributed by atoms with Crippen LogP contribution in [0.1, 0.15) is 5.56 Å². The minimum Gasteiger partial charge on any atom is -0.502 e. The first-order valence-electron chi connectivity index (χ1n) is 16.9. The number of benzene rings is 6. The quantitative estimate of drug-likeness (QED) is 0.0584. The highest BCUT2D eigenvalue weighted by Crippen LogP contribution is 2.31. The number of aromatic nitrogens is 1. The van der Waals surface area contributed by atoms with Gasteiger partial charge in [-0.1, -0.05) is 48.5 Å². The monoisotopic (exact) mass is 915 g/mol. The second-order valence-electron chi connectivity index (χ2n) is 13.2. The van der Waals surface area contributed by atoms with Crippen LogP contribution in [0, 0.1) is 116 Å². The van der Waals surface area contributed by atoms with Gasteiger partial charge in [-0.3, -0.25) is 0 Å². The van der Waals surface area contributed by atoms with Gasteiger partial charge in [0.1, 0.15) is 52.7 Å². The van der Waals surface area contributed by atoms with E-state index in [2.05, 4.69) is 18.3 Å². The van der Waals surface area contributed by atoms with Gasteiger partial charge in [-0.2, -0.15) is 4.57 Å². The SMILES string of the molecule is Fc1c(F)c(F)c([B-](c2c(F)c(F)c(F)c(F)c2F)(c2c(F)c(F)c(F)c(F)c2F)c2c(F)c(F)c(F)c(F)c2F)c(F)c1F.Oc1c[n+](Cc2ccccc2)cc2ccccc12. The number of hydrogen-bond acceptors (Lipinski definition) is 1. The highest BCUT2D eigenvalue weighted by molar-refractivity contribution is 7.20. The van der Waals surface area contributed by atoms with Gasteiger partial charge < -0.3 is 5.11 Å². The van der Waals surface area contributed by atoms with E-state index < -0.39 is 144 Å². The lowest BCUT2D eigenvalue weighted by Crippen LogP contribution is -2.81. The van der Waals surface area contributed by atoms with E-state index in [1.807, 2.05) is 47.0 Å². The van der Waals surface area contributed by atoms with Crippen LogP contribution in [0.5, 0.6) is 5.75 Å². The third kappa shape index (κ3) is 7.11. The van der Waals surface area contributed by atoms with Gasteiger partial charge in [-0.05, 0) is 6.07 Å². The van der Waals surface area contributed by atoms with E-state index >= 15 is 35.1 Å². The van der Waals surface area contributed by atoms with E-state index in [-0.39, 0.29) is 0 Å². The largest absolute Gasteiger partial charge is 0.502 e. The Bertz CT molecular complexity index is 2620. The number of fused-ring (bicyclic) bond motifs is 1. The first-order valence-corrected chi connectivity index (χ1v) is 16.9. The predicted octanol–water partition coefficient (Wildman–Crippen LogP) is 8.73. The van der Waals surface area contributed by atoms with E-state index in [9.17, 15) is 57.8 Å². The molecule has 0 saturated heterocycles. The van der Waals surface area contributed by atoms with Crippen LogP contribution in [0.4, 0.5) is 87.8 Å². The molecular weight excluding hydrogens is 901 g/mol. The van der Waals surface area contributed by atoms with Crippen LogP contribution < -0.4 is 26.4 Å². The van der Waals surface area contributed by atoms with Gasteiger partial charge in [0.15, 0.2) is 88.3 Å². The molecule has 0 spiro atoms. The molecule has 0 fully saturated rings. The molecule has 0 radical (unpaired) electrons. The number of nitrogens with zero attached hydrogens (tertiary/aromatic N) is 1.